The van der Waals surface area contributed by atoms with Crippen LogP contribution in [0.15, 0.2) is 72.3 Å². The molecule has 3 aromatic carbocycles. The molecule has 5 nitrogen and oxygen atoms in total. The molecule has 1 atom stereocenters. The van der Waals surface area contributed by atoms with Crippen molar-refractivity contribution in [1.82, 2.24) is 0 Å². The second-order valence-corrected chi connectivity index (χ2v) is 8.18. The van der Waals surface area contributed by atoms with Gasteiger partial charge in [0, 0.05) is 16.3 Å². The normalized spacial score (nSPS) is 17.6. The van der Waals surface area contributed by atoms with E-state index in [0.717, 1.165) is 16.7 Å². The zero-order valence-electron chi connectivity index (χ0n) is 17.9. The van der Waals surface area contributed by atoms with Crippen LogP contribution >= 0.6 is 11.6 Å². The fraction of sp³-hybridized carbons (Fsp3) is 0.154. The zero-order valence-corrected chi connectivity index (χ0v) is 18.7. The van der Waals surface area contributed by atoms with Gasteiger partial charge in [0.05, 0.1) is 18.7 Å². The average molecular weight is 448 g/mol. The molecule has 4 rings (SSSR count). The van der Waals surface area contributed by atoms with Gasteiger partial charge >= 0.3 is 0 Å². The van der Waals surface area contributed by atoms with Crippen molar-refractivity contribution < 1.29 is 19.4 Å². The van der Waals surface area contributed by atoms with E-state index in [0.29, 0.717) is 22.0 Å². The van der Waals surface area contributed by atoms with Crippen LogP contribution < -0.4 is 9.64 Å². The number of carbonyl (C=O) groups is 2. The van der Waals surface area contributed by atoms with Crippen molar-refractivity contribution >= 4 is 34.7 Å². The van der Waals surface area contributed by atoms with Crippen molar-refractivity contribution in [3.63, 3.8) is 0 Å². The molecule has 0 aromatic heterocycles. The van der Waals surface area contributed by atoms with Crippen LogP contribution in [0.1, 0.15) is 28.3 Å². The van der Waals surface area contributed by atoms with Gasteiger partial charge in [-0.1, -0.05) is 47.5 Å². The molecular weight excluding hydrogens is 426 g/mol. The Morgan fingerprint density at radius 2 is 1.75 bits per heavy atom. The number of amides is 1. The number of halogens is 1. The van der Waals surface area contributed by atoms with Gasteiger partial charge in [-0.15, -0.1) is 0 Å². The lowest BCUT2D eigenvalue weighted by Crippen LogP contribution is -2.29. The van der Waals surface area contributed by atoms with Crippen molar-refractivity contribution in [3.05, 3.63) is 99.6 Å². The summed E-state index contributed by atoms with van der Waals surface area (Å²) in [7, 11) is 1.57. The Balaban J connectivity index is 1.95. The van der Waals surface area contributed by atoms with Crippen molar-refractivity contribution in [1.29, 1.82) is 0 Å². The maximum atomic E-state index is 13.2. The third-order valence-corrected chi connectivity index (χ3v) is 5.79. The number of carbonyl (C=O) groups excluding carboxylic acids is 2. The lowest BCUT2D eigenvalue weighted by Gasteiger charge is -2.26. The van der Waals surface area contributed by atoms with E-state index in [2.05, 4.69) is 0 Å². The van der Waals surface area contributed by atoms with E-state index in [4.69, 9.17) is 16.3 Å². The second-order valence-electron chi connectivity index (χ2n) is 7.75. The SMILES string of the molecule is COc1ccc(/C(O)=C2\C(=O)C(=O)N(c3cccc(Cl)c3)C2c2cccc(C)c2)cc1C. The first kappa shape index (κ1) is 21.7. The smallest absolute Gasteiger partial charge is 0.300 e. The Labute approximate surface area is 191 Å². The summed E-state index contributed by atoms with van der Waals surface area (Å²) >= 11 is 6.17. The summed E-state index contributed by atoms with van der Waals surface area (Å²) in [4.78, 5) is 27.8. The topological polar surface area (TPSA) is 66.8 Å². The summed E-state index contributed by atoms with van der Waals surface area (Å²) in [5.74, 6) is -1.03. The number of hydrogen-bond acceptors (Lipinski definition) is 4. The summed E-state index contributed by atoms with van der Waals surface area (Å²) < 4.78 is 5.29. The molecule has 6 heteroatoms. The van der Waals surface area contributed by atoms with Gasteiger partial charge in [-0.05, 0) is 61.4 Å². The van der Waals surface area contributed by atoms with Crippen LogP contribution in [0.3, 0.4) is 0 Å². The summed E-state index contributed by atoms with van der Waals surface area (Å²) in [5.41, 5.74) is 3.44. The molecule has 0 radical (unpaired) electrons. The van der Waals surface area contributed by atoms with Gasteiger partial charge in [0.1, 0.15) is 11.5 Å². The number of Topliss-reactive ketones (excluding diaryl/α,β-unsaturated/α-hetero) is 1. The molecule has 1 heterocycles. The molecule has 162 valence electrons. The molecule has 0 spiro atoms. The monoisotopic (exact) mass is 447 g/mol. The Morgan fingerprint density at radius 3 is 2.41 bits per heavy atom. The van der Waals surface area contributed by atoms with Crippen LogP contribution in [-0.2, 0) is 9.59 Å². The Bertz CT molecular complexity index is 1260. The lowest BCUT2D eigenvalue weighted by atomic mass is 9.94. The molecule has 1 aliphatic heterocycles. The minimum Gasteiger partial charge on any atom is -0.507 e. The first-order valence-electron chi connectivity index (χ1n) is 10.1. The molecule has 1 aliphatic rings. The fourth-order valence-electron chi connectivity index (χ4n) is 4.06. The van der Waals surface area contributed by atoms with Gasteiger partial charge in [0.2, 0.25) is 0 Å². The standard InChI is InChI=1S/C26H22ClNO4/c1-15-6-4-7-17(12-15)23-22(24(29)18-10-11-21(32-3)16(2)13-18)25(30)26(31)28(23)20-9-5-8-19(27)14-20/h4-14,23,29H,1-3H3/b24-22+. The van der Waals surface area contributed by atoms with Gasteiger partial charge in [-0.3, -0.25) is 14.5 Å². The summed E-state index contributed by atoms with van der Waals surface area (Å²) in [6.07, 6.45) is 0. The van der Waals surface area contributed by atoms with Crippen molar-refractivity contribution in [3.8, 4) is 5.75 Å². The molecular formula is C26H22ClNO4. The van der Waals surface area contributed by atoms with Crippen molar-refractivity contribution in [2.75, 3.05) is 12.0 Å². The quantitative estimate of drug-likeness (QED) is 0.321. The molecule has 1 saturated heterocycles. The maximum absolute atomic E-state index is 13.2. The molecule has 0 saturated carbocycles. The fourth-order valence-corrected chi connectivity index (χ4v) is 4.25. The number of hydrogen-bond donors (Lipinski definition) is 1. The highest BCUT2D eigenvalue weighted by molar-refractivity contribution is 6.51. The number of nitrogens with zero attached hydrogens (tertiary/aromatic N) is 1. The van der Waals surface area contributed by atoms with Crippen molar-refractivity contribution in [2.24, 2.45) is 0 Å². The number of aliphatic hydroxyl groups excluding tert-OH is 1. The van der Waals surface area contributed by atoms with Gasteiger partial charge in [0.15, 0.2) is 0 Å². The minimum atomic E-state index is -0.796. The molecule has 1 fully saturated rings. The number of benzene rings is 3. The second kappa shape index (κ2) is 8.52. The molecule has 0 aliphatic carbocycles. The van der Waals surface area contributed by atoms with Crippen molar-refractivity contribution in [2.45, 2.75) is 19.9 Å². The molecule has 32 heavy (non-hydrogen) atoms. The summed E-state index contributed by atoms with van der Waals surface area (Å²) in [5, 5.41) is 11.7. The van der Waals surface area contributed by atoms with Crippen LogP contribution in [0.2, 0.25) is 5.02 Å². The highest BCUT2D eigenvalue weighted by Gasteiger charge is 2.47. The lowest BCUT2D eigenvalue weighted by molar-refractivity contribution is -0.132. The third-order valence-electron chi connectivity index (χ3n) is 5.56. The largest absolute Gasteiger partial charge is 0.507 e. The van der Waals surface area contributed by atoms with Gasteiger partial charge in [-0.2, -0.15) is 0 Å². The van der Waals surface area contributed by atoms with Crippen LogP contribution in [0.5, 0.6) is 5.75 Å². The van der Waals surface area contributed by atoms with Gasteiger partial charge in [-0.25, -0.2) is 0 Å². The number of methoxy groups -OCH3 is 1. The minimum absolute atomic E-state index is 0.0325. The molecule has 1 unspecified atom stereocenters. The van der Waals surface area contributed by atoms with Crippen LogP contribution in [0.4, 0.5) is 5.69 Å². The van der Waals surface area contributed by atoms with E-state index in [-0.39, 0.29) is 11.3 Å². The van der Waals surface area contributed by atoms with Crippen LogP contribution in [0, 0.1) is 13.8 Å². The number of rotatable bonds is 4. The third kappa shape index (κ3) is 3.76. The predicted molar refractivity (Wildman–Crippen MR) is 125 cm³/mol. The van der Waals surface area contributed by atoms with E-state index >= 15 is 0 Å². The van der Waals surface area contributed by atoms with E-state index in [1.54, 1.807) is 49.6 Å². The molecule has 0 bridgehead atoms. The summed E-state index contributed by atoms with van der Waals surface area (Å²) in [6.45, 7) is 3.78. The first-order valence-corrected chi connectivity index (χ1v) is 10.5. The number of ether oxygens (including phenoxy) is 1. The van der Waals surface area contributed by atoms with Gasteiger partial charge < -0.3 is 9.84 Å². The number of anilines is 1. The Hall–Kier alpha value is -3.57. The molecule has 1 N–H and O–H groups in total. The highest BCUT2D eigenvalue weighted by atomic mass is 35.5. The van der Waals surface area contributed by atoms with E-state index < -0.39 is 17.7 Å². The Kier molecular flexibility index (Phi) is 5.76. The van der Waals surface area contributed by atoms with E-state index in [1.807, 2.05) is 38.1 Å². The molecule has 1 amide bonds. The van der Waals surface area contributed by atoms with Crippen LogP contribution in [-0.4, -0.2) is 23.9 Å². The first-order chi connectivity index (χ1) is 15.3. The maximum Gasteiger partial charge on any atom is 0.300 e. The Morgan fingerprint density at radius 1 is 1.00 bits per heavy atom. The summed E-state index contributed by atoms with van der Waals surface area (Å²) in [6, 6.07) is 18.6. The van der Waals surface area contributed by atoms with E-state index in [1.165, 1.54) is 4.90 Å². The number of ketones is 1. The van der Waals surface area contributed by atoms with Gasteiger partial charge in [0.25, 0.3) is 11.7 Å². The zero-order chi connectivity index (χ0) is 23.0. The molecule has 3 aromatic rings. The van der Waals surface area contributed by atoms with E-state index in [9.17, 15) is 14.7 Å². The number of aryl methyl sites for hydroxylation is 2. The van der Waals surface area contributed by atoms with Crippen LogP contribution in [0.25, 0.3) is 5.76 Å². The predicted octanol–water partition coefficient (Wildman–Crippen LogP) is 5.59. The highest BCUT2D eigenvalue weighted by Crippen LogP contribution is 2.43. The number of aliphatic hydroxyl groups is 1. The average Bonchev–Trinajstić information content (AvgIpc) is 3.04.